The quantitative estimate of drug-likeness (QED) is 0.584. The molecular formula is C26H31N5O2. The monoisotopic (exact) mass is 445 g/mol. The first-order valence-electron chi connectivity index (χ1n) is 11.5. The second kappa shape index (κ2) is 9.57. The standard InChI is InChI=1S/C26H31N5O2/c1-5-29-14-15-30(25(32)17-31-20(4)18(2)19(3)28-31)24(26(29)33)16-22-8-6-7-9-23(22)21-10-12-27-13-11-21/h6-13,24H,5,14-17H2,1-4H3/t24-/m1/s1. The molecule has 2 aromatic heterocycles. The average molecular weight is 446 g/mol. The summed E-state index contributed by atoms with van der Waals surface area (Å²) < 4.78 is 1.76. The third kappa shape index (κ3) is 4.53. The van der Waals surface area contributed by atoms with Crippen molar-refractivity contribution in [2.75, 3.05) is 19.6 Å². The molecule has 0 bridgehead atoms. The Morgan fingerprint density at radius 3 is 2.45 bits per heavy atom. The van der Waals surface area contributed by atoms with E-state index in [2.05, 4.69) is 16.1 Å². The van der Waals surface area contributed by atoms with Crippen LogP contribution in [-0.2, 0) is 22.6 Å². The molecule has 33 heavy (non-hydrogen) atoms. The van der Waals surface area contributed by atoms with Crippen LogP contribution in [0.5, 0.6) is 0 Å². The molecule has 7 nitrogen and oxygen atoms in total. The fourth-order valence-electron chi connectivity index (χ4n) is 4.53. The molecule has 1 aliphatic heterocycles. The van der Waals surface area contributed by atoms with Gasteiger partial charge in [0.05, 0.1) is 5.69 Å². The van der Waals surface area contributed by atoms with Gasteiger partial charge in [0.25, 0.3) is 0 Å². The summed E-state index contributed by atoms with van der Waals surface area (Å²) in [6.07, 6.45) is 4.00. The van der Waals surface area contributed by atoms with E-state index in [0.29, 0.717) is 26.1 Å². The van der Waals surface area contributed by atoms with Crippen molar-refractivity contribution >= 4 is 11.8 Å². The van der Waals surface area contributed by atoms with Crippen LogP contribution in [0.25, 0.3) is 11.1 Å². The second-order valence-corrected chi connectivity index (χ2v) is 8.57. The number of carbonyl (C=O) groups is 2. The zero-order valence-corrected chi connectivity index (χ0v) is 19.8. The molecule has 4 rings (SSSR count). The van der Waals surface area contributed by atoms with Gasteiger partial charge >= 0.3 is 0 Å². The topological polar surface area (TPSA) is 71.3 Å². The zero-order chi connectivity index (χ0) is 23.5. The minimum atomic E-state index is -0.535. The molecule has 1 aliphatic rings. The zero-order valence-electron chi connectivity index (χ0n) is 19.8. The Kier molecular flexibility index (Phi) is 6.58. The molecule has 0 spiro atoms. The third-order valence-corrected chi connectivity index (χ3v) is 6.74. The van der Waals surface area contributed by atoms with Crippen molar-refractivity contribution in [3.63, 3.8) is 0 Å². The summed E-state index contributed by atoms with van der Waals surface area (Å²) in [7, 11) is 0. The van der Waals surface area contributed by atoms with E-state index in [1.54, 1.807) is 22.0 Å². The van der Waals surface area contributed by atoms with E-state index in [9.17, 15) is 9.59 Å². The van der Waals surface area contributed by atoms with Gasteiger partial charge in [-0.15, -0.1) is 0 Å². The van der Waals surface area contributed by atoms with E-state index in [-0.39, 0.29) is 18.4 Å². The lowest BCUT2D eigenvalue weighted by Gasteiger charge is -2.40. The van der Waals surface area contributed by atoms with Crippen LogP contribution in [0.1, 0.15) is 29.4 Å². The number of rotatable bonds is 6. The molecule has 2 amide bonds. The molecule has 0 radical (unpaired) electrons. The van der Waals surface area contributed by atoms with Crippen LogP contribution in [0.3, 0.4) is 0 Å². The van der Waals surface area contributed by atoms with E-state index in [0.717, 1.165) is 33.6 Å². The molecule has 172 valence electrons. The number of amides is 2. The van der Waals surface area contributed by atoms with Crippen LogP contribution in [0, 0.1) is 20.8 Å². The van der Waals surface area contributed by atoms with E-state index in [1.165, 1.54) is 0 Å². The highest BCUT2D eigenvalue weighted by molar-refractivity contribution is 5.89. The molecular weight excluding hydrogens is 414 g/mol. The Hall–Kier alpha value is -3.48. The second-order valence-electron chi connectivity index (χ2n) is 8.57. The Bertz CT molecular complexity index is 1150. The smallest absolute Gasteiger partial charge is 0.245 e. The summed E-state index contributed by atoms with van der Waals surface area (Å²) in [5.74, 6) is -0.0673. The van der Waals surface area contributed by atoms with Crippen molar-refractivity contribution in [2.24, 2.45) is 0 Å². The summed E-state index contributed by atoms with van der Waals surface area (Å²) in [6.45, 7) is 9.79. The van der Waals surface area contributed by atoms with Gasteiger partial charge in [0.1, 0.15) is 12.6 Å². The highest BCUT2D eigenvalue weighted by Gasteiger charge is 2.37. The van der Waals surface area contributed by atoms with Crippen LogP contribution in [0.4, 0.5) is 0 Å². The molecule has 1 atom stereocenters. The van der Waals surface area contributed by atoms with Gasteiger partial charge in [0.15, 0.2) is 0 Å². The Morgan fingerprint density at radius 2 is 1.79 bits per heavy atom. The number of pyridine rings is 1. The minimum absolute atomic E-state index is 0.00572. The number of aromatic nitrogens is 3. The molecule has 3 aromatic rings. The van der Waals surface area contributed by atoms with Gasteiger partial charge < -0.3 is 9.80 Å². The number of benzene rings is 1. The van der Waals surface area contributed by atoms with Crippen LogP contribution in [0.15, 0.2) is 48.8 Å². The van der Waals surface area contributed by atoms with Gasteiger partial charge in [0.2, 0.25) is 11.8 Å². The highest BCUT2D eigenvalue weighted by Crippen LogP contribution is 2.27. The lowest BCUT2D eigenvalue weighted by Crippen LogP contribution is -2.60. The van der Waals surface area contributed by atoms with Crippen molar-refractivity contribution in [1.82, 2.24) is 24.6 Å². The lowest BCUT2D eigenvalue weighted by atomic mass is 9.93. The SMILES string of the molecule is CCN1CCN(C(=O)Cn2nc(C)c(C)c2C)[C@H](Cc2ccccc2-c2ccncc2)C1=O. The fraction of sp³-hybridized carbons (Fsp3) is 0.385. The van der Waals surface area contributed by atoms with Gasteiger partial charge in [-0.1, -0.05) is 24.3 Å². The van der Waals surface area contributed by atoms with Crippen molar-refractivity contribution in [3.05, 3.63) is 71.3 Å². The highest BCUT2D eigenvalue weighted by atomic mass is 16.2. The van der Waals surface area contributed by atoms with Crippen molar-refractivity contribution in [2.45, 2.75) is 46.7 Å². The summed E-state index contributed by atoms with van der Waals surface area (Å²) in [5.41, 5.74) is 6.15. The van der Waals surface area contributed by atoms with Crippen LogP contribution >= 0.6 is 0 Å². The van der Waals surface area contributed by atoms with E-state index < -0.39 is 6.04 Å². The maximum atomic E-state index is 13.4. The fourth-order valence-corrected chi connectivity index (χ4v) is 4.53. The Morgan fingerprint density at radius 1 is 1.06 bits per heavy atom. The maximum absolute atomic E-state index is 13.4. The minimum Gasteiger partial charge on any atom is -0.339 e. The molecule has 0 saturated carbocycles. The number of carbonyl (C=O) groups excluding carboxylic acids is 2. The van der Waals surface area contributed by atoms with Crippen LogP contribution < -0.4 is 0 Å². The van der Waals surface area contributed by atoms with Gasteiger partial charge in [-0.3, -0.25) is 19.3 Å². The number of hydrogen-bond acceptors (Lipinski definition) is 4. The first-order chi connectivity index (χ1) is 15.9. The van der Waals surface area contributed by atoms with Crippen molar-refractivity contribution in [3.8, 4) is 11.1 Å². The molecule has 3 heterocycles. The summed E-state index contributed by atoms with van der Waals surface area (Å²) in [5, 5.41) is 4.53. The predicted molar refractivity (Wildman–Crippen MR) is 128 cm³/mol. The average Bonchev–Trinajstić information content (AvgIpc) is 3.07. The largest absolute Gasteiger partial charge is 0.339 e. The number of piperazine rings is 1. The molecule has 0 N–H and O–H groups in total. The molecule has 7 heteroatoms. The lowest BCUT2D eigenvalue weighted by molar-refractivity contribution is -0.151. The Labute approximate surface area is 195 Å². The maximum Gasteiger partial charge on any atom is 0.245 e. The molecule has 0 aliphatic carbocycles. The molecule has 0 unspecified atom stereocenters. The summed E-state index contributed by atoms with van der Waals surface area (Å²) >= 11 is 0. The van der Waals surface area contributed by atoms with Crippen LogP contribution in [0.2, 0.25) is 0 Å². The first kappa shape index (κ1) is 22.7. The third-order valence-electron chi connectivity index (χ3n) is 6.74. The van der Waals surface area contributed by atoms with Crippen molar-refractivity contribution in [1.29, 1.82) is 0 Å². The number of nitrogens with zero attached hydrogens (tertiary/aromatic N) is 5. The normalized spacial score (nSPS) is 16.4. The van der Waals surface area contributed by atoms with E-state index >= 15 is 0 Å². The summed E-state index contributed by atoms with van der Waals surface area (Å²) in [6, 6.07) is 11.5. The van der Waals surface area contributed by atoms with Gasteiger partial charge in [-0.2, -0.15) is 5.10 Å². The first-order valence-corrected chi connectivity index (χ1v) is 11.5. The van der Waals surface area contributed by atoms with E-state index in [4.69, 9.17) is 0 Å². The molecule has 1 aromatic carbocycles. The van der Waals surface area contributed by atoms with Crippen LogP contribution in [-0.4, -0.2) is 62.1 Å². The number of aryl methyl sites for hydroxylation is 1. The number of likely N-dealkylation sites (N-methyl/N-ethyl adjacent to an activating group) is 1. The molecule has 1 saturated heterocycles. The molecule has 1 fully saturated rings. The van der Waals surface area contributed by atoms with Gasteiger partial charge in [-0.25, -0.2) is 0 Å². The Balaban J connectivity index is 1.64. The van der Waals surface area contributed by atoms with Gasteiger partial charge in [-0.05, 0) is 62.1 Å². The number of hydrogen-bond donors (Lipinski definition) is 0. The van der Waals surface area contributed by atoms with Gasteiger partial charge in [0, 0.05) is 44.1 Å². The van der Waals surface area contributed by atoms with Crippen molar-refractivity contribution < 1.29 is 9.59 Å². The summed E-state index contributed by atoms with van der Waals surface area (Å²) in [4.78, 5) is 34.5. The van der Waals surface area contributed by atoms with E-state index in [1.807, 2.05) is 62.9 Å². The predicted octanol–water partition coefficient (Wildman–Crippen LogP) is 3.17.